The highest BCUT2D eigenvalue weighted by atomic mass is 32.2. The molecule has 0 unspecified atom stereocenters. The normalized spacial score (nSPS) is 11.3. The number of nitrogens with zero attached hydrogens (tertiary/aromatic N) is 1. The van der Waals surface area contributed by atoms with Crippen LogP contribution >= 0.6 is 0 Å². The maximum Gasteiger partial charge on any atom is 0.328 e. The minimum Gasteiger partial charge on any atom is -0.326 e. The number of fused-ring (bicyclic) bond motifs is 1. The Bertz CT molecular complexity index is 1570. The van der Waals surface area contributed by atoms with Crippen LogP contribution in [0.1, 0.15) is 12.0 Å². The highest BCUT2D eigenvalue weighted by Gasteiger charge is 2.14. The van der Waals surface area contributed by atoms with E-state index in [4.69, 9.17) is 0 Å². The molecule has 1 heterocycles. The number of hydrogen-bond donors (Lipinski definition) is 3. The molecule has 4 rings (SSSR count). The Morgan fingerprint density at radius 3 is 2.26 bits per heavy atom. The van der Waals surface area contributed by atoms with E-state index in [1.54, 1.807) is 60.7 Å². The number of sulfonamides is 1. The van der Waals surface area contributed by atoms with Gasteiger partial charge in [-0.05, 0) is 55.5 Å². The molecule has 4 aromatic rings. The Labute approximate surface area is 195 Å². The number of rotatable bonds is 7. The summed E-state index contributed by atoms with van der Waals surface area (Å²) in [5.74, 6) is -0.338. The van der Waals surface area contributed by atoms with Crippen LogP contribution in [0.2, 0.25) is 0 Å². The monoisotopic (exact) mass is 478 g/mol. The summed E-state index contributed by atoms with van der Waals surface area (Å²) in [6, 6.07) is 19.4. The van der Waals surface area contributed by atoms with Gasteiger partial charge in [-0.15, -0.1) is 0 Å². The summed E-state index contributed by atoms with van der Waals surface area (Å²) in [5, 5.41) is 3.08. The van der Waals surface area contributed by atoms with Crippen molar-refractivity contribution in [2.24, 2.45) is 0 Å². The molecule has 10 heteroatoms. The van der Waals surface area contributed by atoms with Gasteiger partial charge < -0.3 is 5.32 Å². The molecule has 0 radical (unpaired) electrons. The van der Waals surface area contributed by atoms with E-state index in [1.807, 2.05) is 6.92 Å². The minimum absolute atomic E-state index is 0.00223. The number of aromatic nitrogens is 2. The lowest BCUT2D eigenvalue weighted by Gasteiger charge is -2.11. The van der Waals surface area contributed by atoms with Gasteiger partial charge in [0.1, 0.15) is 0 Å². The number of carbonyl (C=O) groups excluding carboxylic acids is 1. The van der Waals surface area contributed by atoms with Crippen LogP contribution in [0.3, 0.4) is 0 Å². The van der Waals surface area contributed by atoms with Crippen molar-refractivity contribution in [3.63, 3.8) is 0 Å². The van der Waals surface area contributed by atoms with Crippen LogP contribution < -0.4 is 21.3 Å². The third-order valence-corrected chi connectivity index (χ3v) is 6.62. The number of para-hydroxylation sites is 1. The summed E-state index contributed by atoms with van der Waals surface area (Å²) in [4.78, 5) is 39.0. The summed E-state index contributed by atoms with van der Waals surface area (Å²) in [6.45, 7) is 1.95. The fourth-order valence-corrected chi connectivity index (χ4v) is 4.51. The van der Waals surface area contributed by atoms with E-state index in [0.717, 1.165) is 5.56 Å². The van der Waals surface area contributed by atoms with Crippen LogP contribution in [0, 0.1) is 6.92 Å². The van der Waals surface area contributed by atoms with Gasteiger partial charge in [-0.1, -0.05) is 29.8 Å². The first kappa shape index (κ1) is 23.0. The molecule has 174 valence electrons. The van der Waals surface area contributed by atoms with E-state index in [0.29, 0.717) is 22.3 Å². The van der Waals surface area contributed by atoms with Gasteiger partial charge in [0.25, 0.3) is 15.6 Å². The summed E-state index contributed by atoms with van der Waals surface area (Å²) in [6.07, 6.45) is -0.00223. The summed E-state index contributed by atoms with van der Waals surface area (Å²) < 4.78 is 28.9. The van der Waals surface area contributed by atoms with Crippen molar-refractivity contribution in [1.82, 2.24) is 9.55 Å². The van der Waals surface area contributed by atoms with Gasteiger partial charge >= 0.3 is 5.69 Å². The first-order valence-electron chi connectivity index (χ1n) is 10.4. The Morgan fingerprint density at radius 2 is 1.56 bits per heavy atom. The van der Waals surface area contributed by atoms with Crippen molar-refractivity contribution in [3.05, 3.63) is 99.2 Å². The molecule has 0 aliphatic carbocycles. The van der Waals surface area contributed by atoms with Gasteiger partial charge in [0.2, 0.25) is 5.91 Å². The molecular formula is C24H22N4O5S. The summed E-state index contributed by atoms with van der Waals surface area (Å²) >= 11 is 0. The molecule has 9 nitrogen and oxygen atoms in total. The van der Waals surface area contributed by atoms with E-state index in [2.05, 4.69) is 15.0 Å². The van der Waals surface area contributed by atoms with Gasteiger partial charge in [-0.3, -0.25) is 23.9 Å². The van der Waals surface area contributed by atoms with Crippen molar-refractivity contribution >= 4 is 38.2 Å². The zero-order valence-electron chi connectivity index (χ0n) is 18.2. The Balaban J connectivity index is 1.40. The lowest BCUT2D eigenvalue weighted by atomic mass is 10.2. The third kappa shape index (κ3) is 5.07. The Kier molecular flexibility index (Phi) is 6.33. The number of carbonyl (C=O) groups is 1. The predicted molar refractivity (Wildman–Crippen MR) is 131 cm³/mol. The van der Waals surface area contributed by atoms with E-state index in [9.17, 15) is 22.8 Å². The van der Waals surface area contributed by atoms with Crippen LogP contribution in [-0.2, 0) is 21.4 Å². The average molecular weight is 479 g/mol. The molecule has 0 aliphatic rings. The van der Waals surface area contributed by atoms with Crippen LogP contribution in [0.25, 0.3) is 10.9 Å². The SMILES string of the molecule is Cc1ccc(S(=O)(=O)Nc2ccc(NC(=O)CCn3c(=O)[nH]c(=O)c4ccccc43)cc2)cc1. The lowest BCUT2D eigenvalue weighted by Crippen LogP contribution is -2.31. The fraction of sp³-hybridized carbons (Fsp3) is 0.125. The quantitative estimate of drug-likeness (QED) is 0.376. The van der Waals surface area contributed by atoms with Crippen molar-refractivity contribution in [2.45, 2.75) is 24.8 Å². The van der Waals surface area contributed by atoms with Crippen molar-refractivity contribution in [1.29, 1.82) is 0 Å². The first-order chi connectivity index (χ1) is 16.2. The molecule has 1 aromatic heterocycles. The molecule has 0 fully saturated rings. The molecule has 1 amide bonds. The molecular weight excluding hydrogens is 456 g/mol. The van der Waals surface area contributed by atoms with Crippen molar-refractivity contribution in [3.8, 4) is 0 Å². The second-order valence-corrected chi connectivity index (χ2v) is 9.40. The van der Waals surface area contributed by atoms with E-state index >= 15 is 0 Å². The Morgan fingerprint density at radius 1 is 0.912 bits per heavy atom. The number of H-pyrrole nitrogens is 1. The second-order valence-electron chi connectivity index (χ2n) is 7.72. The summed E-state index contributed by atoms with van der Waals surface area (Å²) in [7, 11) is -3.73. The first-order valence-corrected chi connectivity index (χ1v) is 11.9. The predicted octanol–water partition coefficient (Wildman–Crippen LogP) is 2.83. The van der Waals surface area contributed by atoms with Crippen LogP contribution in [0.5, 0.6) is 0 Å². The average Bonchev–Trinajstić information content (AvgIpc) is 2.80. The number of nitrogens with one attached hydrogen (secondary N) is 3. The van der Waals surface area contributed by atoms with Gasteiger partial charge in [0, 0.05) is 24.3 Å². The highest BCUT2D eigenvalue weighted by molar-refractivity contribution is 7.92. The standard InChI is InChI=1S/C24H22N4O5S/c1-16-6-12-19(13-7-16)34(32,33)27-18-10-8-17(9-11-18)25-22(29)14-15-28-21-5-3-2-4-20(21)23(30)26-24(28)31/h2-13,27H,14-15H2,1H3,(H,25,29)(H,26,30,31). The van der Waals surface area contributed by atoms with Gasteiger partial charge in [-0.2, -0.15) is 0 Å². The van der Waals surface area contributed by atoms with E-state index < -0.39 is 21.3 Å². The van der Waals surface area contributed by atoms with Gasteiger partial charge in [-0.25, -0.2) is 13.2 Å². The summed E-state index contributed by atoms with van der Waals surface area (Å²) in [5.41, 5.74) is 1.18. The largest absolute Gasteiger partial charge is 0.328 e. The zero-order chi connectivity index (χ0) is 24.3. The smallest absolute Gasteiger partial charge is 0.326 e. The molecule has 0 saturated heterocycles. The fourth-order valence-electron chi connectivity index (χ4n) is 3.45. The molecule has 0 aliphatic heterocycles. The number of aromatic amines is 1. The number of benzene rings is 3. The van der Waals surface area contributed by atoms with Crippen LogP contribution in [0.15, 0.2) is 87.3 Å². The molecule has 0 bridgehead atoms. The van der Waals surface area contributed by atoms with Crippen LogP contribution in [0.4, 0.5) is 11.4 Å². The lowest BCUT2D eigenvalue weighted by molar-refractivity contribution is -0.116. The molecule has 3 N–H and O–H groups in total. The maximum atomic E-state index is 12.5. The molecule has 34 heavy (non-hydrogen) atoms. The minimum atomic E-state index is -3.73. The molecule has 3 aromatic carbocycles. The van der Waals surface area contributed by atoms with E-state index in [-0.39, 0.29) is 23.8 Å². The highest BCUT2D eigenvalue weighted by Crippen LogP contribution is 2.19. The van der Waals surface area contributed by atoms with Gasteiger partial charge in [0.05, 0.1) is 15.8 Å². The molecule has 0 atom stereocenters. The number of aryl methyl sites for hydroxylation is 2. The topological polar surface area (TPSA) is 130 Å². The number of amides is 1. The molecule has 0 spiro atoms. The maximum absolute atomic E-state index is 12.5. The third-order valence-electron chi connectivity index (χ3n) is 5.22. The van der Waals surface area contributed by atoms with Crippen molar-refractivity contribution < 1.29 is 13.2 Å². The number of anilines is 2. The Hall–Kier alpha value is -4.18. The zero-order valence-corrected chi connectivity index (χ0v) is 19.1. The van der Waals surface area contributed by atoms with Gasteiger partial charge in [0.15, 0.2) is 0 Å². The van der Waals surface area contributed by atoms with Crippen molar-refractivity contribution in [2.75, 3.05) is 10.0 Å². The number of hydrogen-bond acceptors (Lipinski definition) is 5. The second kappa shape index (κ2) is 9.36. The molecule has 0 saturated carbocycles. The van der Waals surface area contributed by atoms with Crippen LogP contribution in [-0.4, -0.2) is 23.9 Å². The van der Waals surface area contributed by atoms with E-state index in [1.165, 1.54) is 16.7 Å².